The number of rotatable bonds is 2. The zero-order valence-corrected chi connectivity index (χ0v) is 16.8. The summed E-state index contributed by atoms with van der Waals surface area (Å²) >= 11 is 0. The number of carbonyl (C=O) groups is 2. The summed E-state index contributed by atoms with van der Waals surface area (Å²) in [5.74, 6) is -0.196. The molecule has 2 aliphatic rings. The molecule has 1 amide bonds. The van der Waals surface area contributed by atoms with Crippen LogP contribution < -0.4 is 0 Å². The number of hydrogen-bond donors (Lipinski definition) is 0. The zero-order valence-electron chi connectivity index (χ0n) is 16.0. The predicted molar refractivity (Wildman–Crippen MR) is 108 cm³/mol. The van der Waals surface area contributed by atoms with Crippen molar-refractivity contribution < 1.29 is 18.0 Å². The van der Waals surface area contributed by atoms with E-state index in [0.717, 1.165) is 16.5 Å². The van der Waals surface area contributed by atoms with E-state index in [2.05, 4.69) is 0 Å². The van der Waals surface area contributed by atoms with Crippen LogP contribution in [0.4, 0.5) is 0 Å². The molecule has 0 N–H and O–H groups in total. The summed E-state index contributed by atoms with van der Waals surface area (Å²) < 4.78 is 28.7. The molecule has 1 fully saturated rings. The summed E-state index contributed by atoms with van der Waals surface area (Å²) in [5, 5.41) is 0.823. The number of aromatic nitrogens is 1. The largest absolute Gasteiger partial charge is 0.327 e. The summed E-state index contributed by atoms with van der Waals surface area (Å²) in [4.78, 5) is 27.1. The molecule has 3 aromatic rings. The van der Waals surface area contributed by atoms with Gasteiger partial charge in [0.25, 0.3) is 10.0 Å². The standard InChI is InChI=1S/C22H20N2O4S/c1-14-6-8-15(9-7-14)29(27,28)24-18-5-3-2-4-16(18)17-12-13-23-20(26)11-10-19(25)22(23)21(17)24/h2-9,22H,10-13H2,1H3. The van der Waals surface area contributed by atoms with Crippen LogP contribution in [0.25, 0.3) is 10.9 Å². The molecule has 148 valence electrons. The molecular weight excluding hydrogens is 388 g/mol. The quantitative estimate of drug-likeness (QED) is 0.653. The van der Waals surface area contributed by atoms with Crippen LogP contribution in [0.1, 0.15) is 35.7 Å². The number of carbonyl (C=O) groups excluding carboxylic acids is 2. The van der Waals surface area contributed by atoms with Gasteiger partial charge in [0.05, 0.1) is 16.1 Å². The number of Topliss-reactive ketones (excluding diaryl/α,β-unsaturated/α-hetero) is 1. The molecule has 2 aliphatic heterocycles. The van der Waals surface area contributed by atoms with Crippen LogP contribution in [0.15, 0.2) is 53.4 Å². The Morgan fingerprint density at radius 1 is 0.931 bits per heavy atom. The molecule has 0 radical (unpaired) electrons. The van der Waals surface area contributed by atoms with Crippen LogP contribution in [0.5, 0.6) is 0 Å². The highest BCUT2D eigenvalue weighted by Gasteiger charge is 2.44. The molecule has 0 bridgehead atoms. The molecule has 1 aromatic heterocycles. The van der Waals surface area contributed by atoms with Gasteiger partial charge in [0.1, 0.15) is 6.04 Å². The number of fused-ring (bicyclic) bond motifs is 5. The van der Waals surface area contributed by atoms with Gasteiger partial charge >= 0.3 is 0 Å². The van der Waals surface area contributed by atoms with Crippen molar-refractivity contribution >= 4 is 32.6 Å². The van der Waals surface area contributed by atoms with Gasteiger partial charge in [-0.25, -0.2) is 12.4 Å². The second-order valence-corrected chi connectivity index (χ2v) is 9.46. The van der Waals surface area contributed by atoms with Crippen molar-refractivity contribution in [3.8, 4) is 0 Å². The highest BCUT2D eigenvalue weighted by atomic mass is 32.2. The molecule has 2 aromatic carbocycles. The van der Waals surface area contributed by atoms with Crippen molar-refractivity contribution in [1.82, 2.24) is 8.87 Å². The van der Waals surface area contributed by atoms with Gasteiger partial charge in [0, 0.05) is 24.8 Å². The van der Waals surface area contributed by atoms with Crippen LogP contribution in [0.3, 0.4) is 0 Å². The van der Waals surface area contributed by atoms with E-state index in [-0.39, 0.29) is 29.4 Å². The van der Waals surface area contributed by atoms with Gasteiger partial charge in [-0.1, -0.05) is 35.9 Å². The first-order valence-electron chi connectivity index (χ1n) is 9.66. The maximum atomic E-state index is 13.7. The lowest BCUT2D eigenvalue weighted by Gasteiger charge is -2.38. The van der Waals surface area contributed by atoms with Crippen LogP contribution in [0.2, 0.25) is 0 Å². The molecule has 29 heavy (non-hydrogen) atoms. The van der Waals surface area contributed by atoms with E-state index in [1.54, 1.807) is 41.3 Å². The lowest BCUT2D eigenvalue weighted by molar-refractivity contribution is -0.146. The van der Waals surface area contributed by atoms with Gasteiger partial charge in [-0.05, 0) is 37.1 Å². The minimum atomic E-state index is -3.95. The number of aryl methyl sites for hydroxylation is 1. The Balaban J connectivity index is 1.84. The van der Waals surface area contributed by atoms with Gasteiger partial charge in [-0.2, -0.15) is 0 Å². The minimum Gasteiger partial charge on any atom is -0.327 e. The van der Waals surface area contributed by atoms with Crippen LogP contribution in [0, 0.1) is 6.92 Å². The van der Waals surface area contributed by atoms with E-state index >= 15 is 0 Å². The zero-order chi connectivity index (χ0) is 20.3. The monoisotopic (exact) mass is 408 g/mol. The Bertz CT molecular complexity index is 1270. The van der Waals surface area contributed by atoms with E-state index < -0.39 is 16.1 Å². The number of benzene rings is 2. The molecule has 1 atom stereocenters. The third-order valence-corrected chi connectivity index (χ3v) is 7.66. The second kappa shape index (κ2) is 6.29. The summed E-state index contributed by atoms with van der Waals surface area (Å²) in [6.07, 6.45) is 0.864. The highest BCUT2D eigenvalue weighted by molar-refractivity contribution is 7.90. The van der Waals surface area contributed by atoms with Crippen molar-refractivity contribution in [1.29, 1.82) is 0 Å². The van der Waals surface area contributed by atoms with Gasteiger partial charge in [-0.15, -0.1) is 0 Å². The third kappa shape index (κ3) is 2.57. The second-order valence-electron chi connectivity index (χ2n) is 7.67. The lowest BCUT2D eigenvalue weighted by Crippen LogP contribution is -2.48. The van der Waals surface area contributed by atoms with E-state index in [1.807, 2.05) is 19.1 Å². The number of amides is 1. The van der Waals surface area contributed by atoms with Gasteiger partial charge in [0.15, 0.2) is 5.78 Å². The van der Waals surface area contributed by atoms with Gasteiger partial charge < -0.3 is 4.90 Å². The summed E-state index contributed by atoms with van der Waals surface area (Å²) in [6.45, 7) is 2.33. The molecule has 0 aliphatic carbocycles. The normalized spacial score (nSPS) is 19.3. The van der Waals surface area contributed by atoms with E-state index in [1.165, 1.54) is 3.97 Å². The fourth-order valence-electron chi connectivity index (χ4n) is 4.52. The Hall–Kier alpha value is -2.93. The fraction of sp³-hybridized carbons (Fsp3) is 0.273. The number of hydrogen-bond acceptors (Lipinski definition) is 4. The molecule has 0 saturated carbocycles. The fourth-order valence-corrected chi connectivity index (χ4v) is 6.10. The summed E-state index contributed by atoms with van der Waals surface area (Å²) in [5.41, 5.74) is 2.78. The van der Waals surface area contributed by atoms with E-state index in [0.29, 0.717) is 24.2 Å². The SMILES string of the molecule is Cc1ccc(S(=O)(=O)n2c3c(c4ccccc42)CCN2C(=O)CCC(=O)C32)cc1. The molecule has 6 nitrogen and oxygen atoms in total. The number of piperidine rings is 1. The van der Waals surface area contributed by atoms with Gasteiger partial charge in [0.2, 0.25) is 5.91 Å². The lowest BCUT2D eigenvalue weighted by atomic mass is 9.89. The smallest absolute Gasteiger partial charge is 0.268 e. The average Bonchev–Trinajstić information content (AvgIpc) is 3.06. The molecule has 7 heteroatoms. The summed E-state index contributed by atoms with van der Waals surface area (Å²) in [7, 11) is -3.95. The Morgan fingerprint density at radius 2 is 1.66 bits per heavy atom. The maximum absolute atomic E-state index is 13.7. The molecule has 1 saturated heterocycles. The Morgan fingerprint density at radius 3 is 2.41 bits per heavy atom. The van der Waals surface area contributed by atoms with Gasteiger partial charge in [-0.3, -0.25) is 9.59 Å². The minimum absolute atomic E-state index is 0.0928. The van der Waals surface area contributed by atoms with Crippen LogP contribution in [-0.2, 0) is 26.0 Å². The van der Waals surface area contributed by atoms with Crippen LogP contribution in [-0.4, -0.2) is 35.5 Å². The topological polar surface area (TPSA) is 76.5 Å². The number of ketones is 1. The van der Waals surface area contributed by atoms with Crippen LogP contribution >= 0.6 is 0 Å². The third-order valence-electron chi connectivity index (χ3n) is 5.92. The van der Waals surface area contributed by atoms with Crippen molar-refractivity contribution in [2.24, 2.45) is 0 Å². The van der Waals surface area contributed by atoms with Crippen molar-refractivity contribution in [3.63, 3.8) is 0 Å². The summed E-state index contributed by atoms with van der Waals surface area (Å²) in [6, 6.07) is 13.2. The maximum Gasteiger partial charge on any atom is 0.268 e. The molecule has 1 unspecified atom stereocenters. The molecule has 5 rings (SSSR count). The predicted octanol–water partition coefficient (Wildman–Crippen LogP) is 2.98. The molecular formula is C22H20N2O4S. The van der Waals surface area contributed by atoms with Crippen molar-refractivity contribution in [3.05, 3.63) is 65.4 Å². The molecule has 0 spiro atoms. The average molecular weight is 408 g/mol. The molecule has 3 heterocycles. The first-order chi connectivity index (χ1) is 13.9. The van der Waals surface area contributed by atoms with Crippen molar-refractivity contribution in [2.45, 2.75) is 37.1 Å². The highest BCUT2D eigenvalue weighted by Crippen LogP contribution is 2.42. The Kier molecular flexibility index (Phi) is 3.93. The first kappa shape index (κ1) is 18.1. The Labute approximate surface area is 168 Å². The van der Waals surface area contributed by atoms with E-state index in [9.17, 15) is 18.0 Å². The first-order valence-corrected chi connectivity index (χ1v) is 11.1. The van der Waals surface area contributed by atoms with Crippen molar-refractivity contribution in [2.75, 3.05) is 6.54 Å². The number of nitrogens with zero attached hydrogens (tertiary/aromatic N) is 2. The van der Waals surface area contributed by atoms with E-state index in [4.69, 9.17) is 0 Å². The number of para-hydroxylation sites is 1.